The van der Waals surface area contributed by atoms with Crippen molar-refractivity contribution >= 4 is 17.6 Å². The van der Waals surface area contributed by atoms with E-state index in [1.165, 1.54) is 0 Å². The van der Waals surface area contributed by atoms with Crippen LogP contribution in [0.25, 0.3) is 11.4 Å². The van der Waals surface area contributed by atoms with E-state index < -0.39 is 12.1 Å². The smallest absolute Gasteiger partial charge is 0.351 e. The highest BCUT2D eigenvalue weighted by Crippen LogP contribution is 2.31. The van der Waals surface area contributed by atoms with Crippen LogP contribution in [-0.4, -0.2) is 28.8 Å². The SMILES string of the molecule is O=C(OCc1nc(-c2ccccc2Cl)no1)[C@@H]1COc2ccccc2O1. The van der Waals surface area contributed by atoms with Crippen molar-refractivity contribution in [2.75, 3.05) is 6.61 Å². The number of rotatable bonds is 4. The molecule has 0 saturated carbocycles. The number of fused-ring (bicyclic) bond motifs is 1. The highest BCUT2D eigenvalue weighted by molar-refractivity contribution is 6.33. The second-order valence-corrected chi connectivity index (χ2v) is 5.87. The second-order valence-electron chi connectivity index (χ2n) is 5.46. The van der Waals surface area contributed by atoms with Crippen LogP contribution in [0.4, 0.5) is 0 Å². The van der Waals surface area contributed by atoms with E-state index in [9.17, 15) is 4.79 Å². The summed E-state index contributed by atoms with van der Waals surface area (Å²) in [6.07, 6.45) is -0.851. The lowest BCUT2D eigenvalue weighted by atomic mass is 10.2. The number of hydrogen-bond donors (Lipinski definition) is 0. The molecule has 8 heteroatoms. The molecule has 3 aromatic rings. The summed E-state index contributed by atoms with van der Waals surface area (Å²) in [5.74, 6) is 1.01. The Labute approximate surface area is 153 Å². The topological polar surface area (TPSA) is 83.7 Å². The predicted molar refractivity (Wildman–Crippen MR) is 90.9 cm³/mol. The summed E-state index contributed by atoms with van der Waals surface area (Å²) < 4.78 is 21.4. The molecule has 26 heavy (non-hydrogen) atoms. The van der Waals surface area contributed by atoms with E-state index in [0.29, 0.717) is 27.9 Å². The highest BCUT2D eigenvalue weighted by Gasteiger charge is 2.29. The summed E-state index contributed by atoms with van der Waals surface area (Å²) in [6.45, 7) is -0.0949. The fourth-order valence-electron chi connectivity index (χ4n) is 2.43. The van der Waals surface area contributed by atoms with Crippen molar-refractivity contribution < 1.29 is 23.5 Å². The van der Waals surface area contributed by atoms with Gasteiger partial charge in [0.2, 0.25) is 11.9 Å². The van der Waals surface area contributed by atoms with E-state index in [1.807, 2.05) is 12.1 Å². The minimum atomic E-state index is -0.851. The molecule has 132 valence electrons. The third kappa shape index (κ3) is 3.34. The van der Waals surface area contributed by atoms with Gasteiger partial charge < -0.3 is 18.7 Å². The third-order valence-electron chi connectivity index (χ3n) is 3.69. The molecule has 1 aliphatic rings. The van der Waals surface area contributed by atoms with Gasteiger partial charge in [0, 0.05) is 5.56 Å². The Balaban J connectivity index is 1.38. The summed E-state index contributed by atoms with van der Waals surface area (Å²) in [7, 11) is 0. The molecular weight excluding hydrogens is 360 g/mol. The zero-order valence-electron chi connectivity index (χ0n) is 13.4. The predicted octanol–water partition coefficient (Wildman–Crippen LogP) is 3.27. The van der Waals surface area contributed by atoms with Gasteiger partial charge in [0.15, 0.2) is 18.1 Å². The second kappa shape index (κ2) is 7.05. The number of carbonyl (C=O) groups excluding carboxylic acids is 1. The lowest BCUT2D eigenvalue weighted by Crippen LogP contribution is -2.37. The van der Waals surface area contributed by atoms with Gasteiger partial charge in [-0.2, -0.15) is 4.98 Å². The van der Waals surface area contributed by atoms with Crippen molar-refractivity contribution in [1.82, 2.24) is 10.1 Å². The maximum Gasteiger partial charge on any atom is 0.351 e. The van der Waals surface area contributed by atoms with Gasteiger partial charge in [-0.05, 0) is 24.3 Å². The quantitative estimate of drug-likeness (QED) is 0.650. The van der Waals surface area contributed by atoms with Crippen LogP contribution in [0, 0.1) is 0 Å². The molecule has 1 atom stereocenters. The Morgan fingerprint density at radius 3 is 2.77 bits per heavy atom. The number of hydrogen-bond acceptors (Lipinski definition) is 7. The van der Waals surface area contributed by atoms with Crippen molar-refractivity contribution in [3.05, 3.63) is 59.4 Å². The number of carbonyl (C=O) groups is 1. The minimum Gasteiger partial charge on any atom is -0.485 e. The fourth-order valence-corrected chi connectivity index (χ4v) is 2.65. The molecule has 2 heterocycles. The minimum absolute atomic E-state index is 0.0740. The molecule has 0 spiro atoms. The number of halogens is 1. The molecule has 1 aromatic heterocycles. The van der Waals surface area contributed by atoms with E-state index in [2.05, 4.69) is 10.1 Å². The van der Waals surface area contributed by atoms with Gasteiger partial charge in [0.1, 0.15) is 6.61 Å². The standard InChI is InChI=1S/C18H13ClN2O5/c19-12-6-2-1-5-11(12)17-20-16(26-21-17)10-24-18(22)15-9-23-13-7-3-4-8-14(13)25-15/h1-8,15H,9-10H2/t15-/m0/s1. The van der Waals surface area contributed by atoms with E-state index in [-0.39, 0.29) is 19.1 Å². The van der Waals surface area contributed by atoms with Gasteiger partial charge in [-0.1, -0.05) is 41.0 Å². The summed E-state index contributed by atoms with van der Waals surface area (Å²) in [4.78, 5) is 16.4. The van der Waals surface area contributed by atoms with Gasteiger partial charge >= 0.3 is 5.97 Å². The number of nitrogens with zero attached hydrogens (tertiary/aromatic N) is 2. The Hall–Kier alpha value is -3.06. The van der Waals surface area contributed by atoms with Crippen molar-refractivity contribution in [3.8, 4) is 22.9 Å². The molecule has 2 aromatic carbocycles. The summed E-state index contributed by atoms with van der Waals surface area (Å²) in [6, 6.07) is 14.2. The van der Waals surface area contributed by atoms with E-state index >= 15 is 0 Å². The molecule has 4 rings (SSSR count). The Bertz CT molecular complexity index is 943. The fraction of sp³-hybridized carbons (Fsp3) is 0.167. The van der Waals surface area contributed by atoms with Crippen LogP contribution >= 0.6 is 11.6 Å². The van der Waals surface area contributed by atoms with Crippen molar-refractivity contribution in [2.24, 2.45) is 0 Å². The first-order chi connectivity index (χ1) is 12.7. The molecule has 0 N–H and O–H groups in total. The van der Waals surface area contributed by atoms with Crippen LogP contribution in [-0.2, 0) is 16.1 Å². The Morgan fingerprint density at radius 1 is 1.15 bits per heavy atom. The van der Waals surface area contributed by atoms with Crippen LogP contribution in [0.1, 0.15) is 5.89 Å². The monoisotopic (exact) mass is 372 g/mol. The summed E-state index contributed by atoms with van der Waals surface area (Å²) in [5, 5.41) is 4.35. The first-order valence-electron chi connectivity index (χ1n) is 7.83. The van der Waals surface area contributed by atoms with Gasteiger partial charge in [-0.15, -0.1) is 0 Å². The van der Waals surface area contributed by atoms with Crippen molar-refractivity contribution in [1.29, 1.82) is 0 Å². The van der Waals surface area contributed by atoms with Crippen LogP contribution in [0.5, 0.6) is 11.5 Å². The molecule has 0 radical (unpaired) electrons. The van der Waals surface area contributed by atoms with Crippen LogP contribution in [0.2, 0.25) is 5.02 Å². The molecule has 0 saturated heterocycles. The number of para-hydroxylation sites is 2. The van der Waals surface area contributed by atoms with Crippen molar-refractivity contribution in [3.63, 3.8) is 0 Å². The highest BCUT2D eigenvalue weighted by atomic mass is 35.5. The zero-order chi connectivity index (χ0) is 17.9. The average Bonchev–Trinajstić information content (AvgIpc) is 3.15. The maximum atomic E-state index is 12.2. The van der Waals surface area contributed by atoms with Gasteiger partial charge in [0.05, 0.1) is 5.02 Å². The average molecular weight is 373 g/mol. The number of ether oxygens (including phenoxy) is 3. The molecule has 1 aliphatic heterocycles. The van der Waals surface area contributed by atoms with Crippen LogP contribution < -0.4 is 9.47 Å². The number of aromatic nitrogens is 2. The Kier molecular flexibility index (Phi) is 4.45. The van der Waals surface area contributed by atoms with Gasteiger partial charge in [-0.25, -0.2) is 4.79 Å². The van der Waals surface area contributed by atoms with Crippen molar-refractivity contribution in [2.45, 2.75) is 12.7 Å². The van der Waals surface area contributed by atoms with E-state index in [1.54, 1.807) is 36.4 Å². The molecule has 0 aliphatic carbocycles. The summed E-state index contributed by atoms with van der Waals surface area (Å²) >= 11 is 6.10. The number of benzene rings is 2. The number of esters is 1. The summed E-state index contributed by atoms with van der Waals surface area (Å²) in [5.41, 5.74) is 0.635. The van der Waals surface area contributed by atoms with E-state index in [0.717, 1.165) is 0 Å². The first-order valence-corrected chi connectivity index (χ1v) is 8.21. The molecule has 0 bridgehead atoms. The van der Waals surface area contributed by atoms with Crippen LogP contribution in [0.15, 0.2) is 53.1 Å². The van der Waals surface area contributed by atoms with Crippen LogP contribution in [0.3, 0.4) is 0 Å². The van der Waals surface area contributed by atoms with Gasteiger partial charge in [0.25, 0.3) is 5.89 Å². The lowest BCUT2D eigenvalue weighted by molar-refractivity contribution is -0.156. The molecular formula is C18H13ClN2O5. The Morgan fingerprint density at radius 2 is 1.92 bits per heavy atom. The molecule has 0 fully saturated rings. The first kappa shape index (κ1) is 16.4. The molecule has 0 unspecified atom stereocenters. The normalized spacial score (nSPS) is 15.5. The molecule has 7 nitrogen and oxygen atoms in total. The maximum absolute atomic E-state index is 12.2. The lowest BCUT2D eigenvalue weighted by Gasteiger charge is -2.24. The largest absolute Gasteiger partial charge is 0.485 e. The van der Waals surface area contributed by atoms with Gasteiger partial charge in [-0.3, -0.25) is 0 Å². The zero-order valence-corrected chi connectivity index (χ0v) is 14.2. The van der Waals surface area contributed by atoms with E-state index in [4.69, 9.17) is 30.3 Å². The molecule has 0 amide bonds. The third-order valence-corrected chi connectivity index (χ3v) is 4.02.